The highest BCUT2D eigenvalue weighted by molar-refractivity contribution is 14.1. The van der Waals surface area contributed by atoms with Crippen LogP contribution in [-0.4, -0.2) is 15.0 Å². The first-order chi connectivity index (χ1) is 5.77. The molecule has 2 rings (SSSR count). The van der Waals surface area contributed by atoms with E-state index in [0.717, 1.165) is 0 Å². The Bertz CT molecular complexity index is 479. The van der Waals surface area contributed by atoms with Gasteiger partial charge in [0.05, 0.1) is 0 Å². The molecule has 0 amide bonds. The Morgan fingerprint density at radius 3 is 3.17 bits per heavy atom. The molecule has 0 saturated carbocycles. The van der Waals surface area contributed by atoms with Crippen molar-refractivity contribution in [2.24, 2.45) is 0 Å². The molecule has 12 heavy (non-hydrogen) atoms. The standard InChI is InChI=1S/C7H4IN3O/c8-5-7(12)11-6-4(10-5)2-1-3-9-6/h1-3H,(H,9,11,12). The third-order valence-corrected chi connectivity index (χ3v) is 2.16. The maximum atomic E-state index is 11.1. The predicted molar refractivity (Wildman–Crippen MR) is 52.9 cm³/mol. The quantitative estimate of drug-likeness (QED) is 0.726. The van der Waals surface area contributed by atoms with Gasteiger partial charge in [-0.1, -0.05) is 0 Å². The average Bonchev–Trinajstić information content (AvgIpc) is 2.07. The van der Waals surface area contributed by atoms with Crippen LogP contribution in [-0.2, 0) is 0 Å². The molecule has 4 nitrogen and oxygen atoms in total. The number of fused-ring (bicyclic) bond motifs is 1. The number of aromatic nitrogens is 3. The maximum absolute atomic E-state index is 11.1. The van der Waals surface area contributed by atoms with E-state index in [1.807, 2.05) is 22.6 Å². The molecule has 60 valence electrons. The van der Waals surface area contributed by atoms with Crippen LogP contribution >= 0.6 is 22.6 Å². The van der Waals surface area contributed by atoms with E-state index >= 15 is 0 Å². The summed E-state index contributed by atoms with van der Waals surface area (Å²) in [5.41, 5.74) is 1.05. The summed E-state index contributed by atoms with van der Waals surface area (Å²) in [6, 6.07) is 3.59. The fraction of sp³-hybridized carbons (Fsp3) is 0. The third kappa shape index (κ3) is 1.20. The van der Waals surface area contributed by atoms with Gasteiger partial charge >= 0.3 is 0 Å². The lowest BCUT2D eigenvalue weighted by Gasteiger charge is -1.94. The molecule has 2 aromatic heterocycles. The minimum absolute atomic E-state index is 0.193. The zero-order valence-corrected chi connectivity index (χ0v) is 8.07. The predicted octanol–water partition coefficient (Wildman–Crippen LogP) is 0.923. The Kier molecular flexibility index (Phi) is 1.80. The molecular formula is C7H4IN3O. The average molecular weight is 273 g/mol. The number of hydrogen-bond acceptors (Lipinski definition) is 3. The van der Waals surface area contributed by atoms with E-state index in [2.05, 4.69) is 15.0 Å². The van der Waals surface area contributed by atoms with Crippen molar-refractivity contribution < 1.29 is 0 Å². The Morgan fingerprint density at radius 2 is 2.33 bits per heavy atom. The van der Waals surface area contributed by atoms with Crippen molar-refractivity contribution in [3.05, 3.63) is 32.4 Å². The van der Waals surface area contributed by atoms with Crippen LogP contribution in [0.2, 0.25) is 0 Å². The molecule has 0 aliphatic rings. The number of halogens is 1. The van der Waals surface area contributed by atoms with E-state index in [1.165, 1.54) is 0 Å². The molecule has 0 unspecified atom stereocenters. The van der Waals surface area contributed by atoms with Gasteiger partial charge in [-0.2, -0.15) is 0 Å². The van der Waals surface area contributed by atoms with Crippen molar-refractivity contribution in [2.45, 2.75) is 0 Å². The lowest BCUT2D eigenvalue weighted by Crippen LogP contribution is -2.12. The van der Waals surface area contributed by atoms with E-state index in [1.54, 1.807) is 18.3 Å². The van der Waals surface area contributed by atoms with Gasteiger partial charge in [0, 0.05) is 6.20 Å². The fourth-order valence-corrected chi connectivity index (χ4v) is 1.29. The van der Waals surface area contributed by atoms with E-state index in [-0.39, 0.29) is 5.56 Å². The van der Waals surface area contributed by atoms with Crippen LogP contribution in [0.1, 0.15) is 0 Å². The highest BCUT2D eigenvalue weighted by Gasteiger charge is 1.99. The molecule has 2 heterocycles. The summed E-state index contributed by atoms with van der Waals surface area (Å²) < 4.78 is 0.438. The number of nitrogens with zero attached hydrogens (tertiary/aromatic N) is 2. The number of aromatic amines is 1. The van der Waals surface area contributed by atoms with Crippen molar-refractivity contribution in [1.29, 1.82) is 0 Å². The Morgan fingerprint density at radius 1 is 1.50 bits per heavy atom. The molecule has 0 bridgehead atoms. The van der Waals surface area contributed by atoms with Gasteiger partial charge < -0.3 is 4.98 Å². The summed E-state index contributed by atoms with van der Waals surface area (Å²) >= 11 is 1.89. The molecule has 0 atom stereocenters. The molecule has 0 saturated heterocycles. The second-order valence-corrected chi connectivity index (χ2v) is 3.25. The minimum atomic E-state index is -0.193. The lowest BCUT2D eigenvalue weighted by molar-refractivity contribution is 1.13. The second kappa shape index (κ2) is 2.81. The van der Waals surface area contributed by atoms with Crippen LogP contribution in [0.15, 0.2) is 23.1 Å². The summed E-state index contributed by atoms with van der Waals surface area (Å²) in [5, 5.41) is 0. The minimum Gasteiger partial charge on any atom is -0.303 e. The molecule has 0 fully saturated rings. The van der Waals surface area contributed by atoms with E-state index < -0.39 is 0 Å². The number of nitrogens with one attached hydrogen (secondary N) is 1. The zero-order chi connectivity index (χ0) is 8.55. The van der Waals surface area contributed by atoms with Gasteiger partial charge in [-0.25, -0.2) is 9.97 Å². The number of hydrogen-bond donors (Lipinski definition) is 1. The van der Waals surface area contributed by atoms with Crippen molar-refractivity contribution >= 4 is 33.8 Å². The molecular weight excluding hydrogens is 269 g/mol. The monoisotopic (exact) mass is 273 g/mol. The van der Waals surface area contributed by atoms with E-state index in [4.69, 9.17) is 0 Å². The van der Waals surface area contributed by atoms with E-state index in [9.17, 15) is 4.79 Å². The molecule has 0 spiro atoms. The Hall–Kier alpha value is -0.980. The van der Waals surface area contributed by atoms with Crippen LogP contribution in [0, 0.1) is 3.70 Å². The van der Waals surface area contributed by atoms with Crippen molar-refractivity contribution in [3.8, 4) is 0 Å². The summed E-state index contributed by atoms with van der Waals surface area (Å²) in [5.74, 6) is 0. The summed E-state index contributed by atoms with van der Waals surface area (Å²) in [6.07, 6.45) is 1.62. The van der Waals surface area contributed by atoms with Crippen LogP contribution in [0.5, 0.6) is 0 Å². The third-order valence-electron chi connectivity index (χ3n) is 1.42. The van der Waals surface area contributed by atoms with Gasteiger partial charge in [-0.05, 0) is 34.7 Å². The Labute approximate surface area is 81.2 Å². The second-order valence-electron chi connectivity index (χ2n) is 2.23. The maximum Gasteiger partial charge on any atom is 0.281 e. The van der Waals surface area contributed by atoms with Gasteiger partial charge in [-0.15, -0.1) is 0 Å². The van der Waals surface area contributed by atoms with Crippen molar-refractivity contribution in [3.63, 3.8) is 0 Å². The van der Waals surface area contributed by atoms with Crippen LogP contribution < -0.4 is 5.56 Å². The Balaban J connectivity index is 2.93. The molecule has 0 radical (unpaired) electrons. The van der Waals surface area contributed by atoms with Gasteiger partial charge in [0.1, 0.15) is 5.52 Å². The molecule has 0 aromatic carbocycles. The molecule has 0 aliphatic carbocycles. The normalized spacial score (nSPS) is 10.4. The number of rotatable bonds is 0. The molecule has 1 N–H and O–H groups in total. The van der Waals surface area contributed by atoms with Gasteiger partial charge in [-0.3, -0.25) is 4.79 Å². The topological polar surface area (TPSA) is 58.6 Å². The van der Waals surface area contributed by atoms with Gasteiger partial charge in [0.25, 0.3) is 5.56 Å². The van der Waals surface area contributed by atoms with Crippen molar-refractivity contribution in [1.82, 2.24) is 15.0 Å². The molecule has 5 heteroatoms. The van der Waals surface area contributed by atoms with E-state index in [0.29, 0.717) is 14.9 Å². The molecule has 2 aromatic rings. The summed E-state index contributed by atoms with van der Waals surface area (Å²) in [4.78, 5) is 21.7. The number of pyridine rings is 1. The van der Waals surface area contributed by atoms with Crippen LogP contribution in [0.4, 0.5) is 0 Å². The SMILES string of the molecule is O=c1[nH]c2ncccc2nc1I. The highest BCUT2D eigenvalue weighted by Crippen LogP contribution is 2.03. The first kappa shape index (κ1) is 7.66. The fourth-order valence-electron chi connectivity index (χ4n) is 0.899. The van der Waals surface area contributed by atoms with Crippen molar-refractivity contribution in [2.75, 3.05) is 0 Å². The smallest absolute Gasteiger partial charge is 0.281 e. The first-order valence-corrected chi connectivity index (χ1v) is 4.36. The summed E-state index contributed by atoms with van der Waals surface area (Å²) in [7, 11) is 0. The van der Waals surface area contributed by atoms with Crippen LogP contribution in [0.3, 0.4) is 0 Å². The first-order valence-electron chi connectivity index (χ1n) is 3.28. The summed E-state index contributed by atoms with van der Waals surface area (Å²) in [6.45, 7) is 0. The van der Waals surface area contributed by atoms with Gasteiger partial charge in [0.2, 0.25) is 0 Å². The lowest BCUT2D eigenvalue weighted by atomic mass is 10.4. The molecule has 0 aliphatic heterocycles. The van der Waals surface area contributed by atoms with Crippen LogP contribution in [0.25, 0.3) is 11.2 Å². The highest BCUT2D eigenvalue weighted by atomic mass is 127. The zero-order valence-electron chi connectivity index (χ0n) is 5.91. The number of H-pyrrole nitrogens is 1. The largest absolute Gasteiger partial charge is 0.303 e. The van der Waals surface area contributed by atoms with Gasteiger partial charge in [0.15, 0.2) is 9.35 Å².